The Hall–Kier alpha value is -1.51. The normalized spacial score (nSPS) is 12.5. The van der Waals surface area contributed by atoms with E-state index >= 15 is 0 Å². The highest BCUT2D eigenvalue weighted by atomic mass is 19.1. The molecule has 5 heteroatoms. The van der Waals surface area contributed by atoms with Crippen molar-refractivity contribution < 1.29 is 13.9 Å². The molecule has 0 aliphatic carbocycles. The largest absolute Gasteiger partial charge is 0.387 e. The van der Waals surface area contributed by atoms with E-state index in [1.54, 1.807) is 11.9 Å². The highest BCUT2D eigenvalue weighted by molar-refractivity contribution is 5.21. The average molecular weight is 240 g/mol. The Balaban J connectivity index is 2.63. The monoisotopic (exact) mass is 240 g/mol. The van der Waals surface area contributed by atoms with Crippen LogP contribution in [0.15, 0.2) is 18.2 Å². The van der Waals surface area contributed by atoms with Crippen molar-refractivity contribution in [3.8, 4) is 6.07 Å². The number of nitrogens with zero attached hydrogens (tertiary/aromatic N) is 2. The van der Waals surface area contributed by atoms with Gasteiger partial charge in [0.25, 0.3) is 0 Å². The Morgan fingerprint density at radius 2 is 2.18 bits per heavy atom. The molecule has 0 amide bonds. The predicted molar refractivity (Wildman–Crippen MR) is 59.0 cm³/mol. The van der Waals surface area contributed by atoms with Crippen LogP contribution < -0.4 is 0 Å². The fraction of sp³-hybridized carbons (Fsp3) is 0.417. The summed E-state index contributed by atoms with van der Waals surface area (Å²) in [7, 11) is 1.72. The van der Waals surface area contributed by atoms with Crippen LogP contribution in [0, 0.1) is 23.0 Å². The van der Waals surface area contributed by atoms with Crippen LogP contribution in [0.5, 0.6) is 0 Å². The molecule has 0 spiro atoms. The van der Waals surface area contributed by atoms with E-state index in [0.29, 0.717) is 13.0 Å². The van der Waals surface area contributed by atoms with Gasteiger partial charge in [-0.1, -0.05) is 6.07 Å². The van der Waals surface area contributed by atoms with Gasteiger partial charge in [-0.05, 0) is 13.1 Å². The summed E-state index contributed by atoms with van der Waals surface area (Å²) in [5, 5.41) is 18.2. The summed E-state index contributed by atoms with van der Waals surface area (Å²) in [6.07, 6.45) is -0.686. The van der Waals surface area contributed by atoms with Crippen LogP contribution in [0.2, 0.25) is 0 Å². The summed E-state index contributed by atoms with van der Waals surface area (Å²) in [5.74, 6) is -1.43. The zero-order valence-electron chi connectivity index (χ0n) is 9.53. The molecule has 0 bridgehead atoms. The van der Waals surface area contributed by atoms with E-state index in [1.165, 1.54) is 6.07 Å². The maximum atomic E-state index is 13.3. The molecule has 0 saturated heterocycles. The summed E-state index contributed by atoms with van der Waals surface area (Å²) in [6, 6.07) is 5.07. The Labute approximate surface area is 98.9 Å². The lowest BCUT2D eigenvalue weighted by Gasteiger charge is -2.19. The van der Waals surface area contributed by atoms with Crippen LogP contribution in [0.3, 0.4) is 0 Å². The number of aliphatic hydroxyl groups is 1. The van der Waals surface area contributed by atoms with Crippen LogP contribution in [-0.4, -0.2) is 30.1 Å². The van der Waals surface area contributed by atoms with Crippen molar-refractivity contribution in [3.63, 3.8) is 0 Å². The van der Waals surface area contributed by atoms with Crippen molar-refractivity contribution in [1.82, 2.24) is 4.90 Å². The molecule has 92 valence electrons. The average Bonchev–Trinajstić information content (AvgIpc) is 2.26. The first-order chi connectivity index (χ1) is 8.04. The smallest absolute Gasteiger partial charge is 0.131 e. The molecule has 0 fully saturated rings. The van der Waals surface area contributed by atoms with Crippen LogP contribution in [0.4, 0.5) is 8.78 Å². The van der Waals surface area contributed by atoms with Gasteiger partial charge < -0.3 is 10.0 Å². The van der Waals surface area contributed by atoms with Crippen molar-refractivity contribution in [1.29, 1.82) is 5.26 Å². The lowest BCUT2D eigenvalue weighted by molar-refractivity contribution is 0.124. The zero-order valence-corrected chi connectivity index (χ0v) is 9.53. The van der Waals surface area contributed by atoms with Crippen LogP contribution in [0.25, 0.3) is 0 Å². The topological polar surface area (TPSA) is 47.3 Å². The molecule has 0 aromatic heterocycles. The van der Waals surface area contributed by atoms with E-state index in [-0.39, 0.29) is 12.1 Å². The minimum absolute atomic E-state index is 0.0650. The molecule has 1 aromatic rings. The van der Waals surface area contributed by atoms with Gasteiger partial charge in [0.05, 0.1) is 12.2 Å². The summed E-state index contributed by atoms with van der Waals surface area (Å²) in [5.41, 5.74) is 0.0650. The van der Waals surface area contributed by atoms with Crippen molar-refractivity contribution in [2.75, 3.05) is 20.1 Å². The number of aliphatic hydroxyl groups excluding tert-OH is 1. The lowest BCUT2D eigenvalue weighted by Crippen LogP contribution is -2.26. The van der Waals surface area contributed by atoms with Gasteiger partial charge >= 0.3 is 0 Å². The first-order valence-corrected chi connectivity index (χ1v) is 5.23. The molecule has 0 aliphatic heterocycles. The van der Waals surface area contributed by atoms with Gasteiger partial charge in [0.1, 0.15) is 11.6 Å². The third kappa shape index (κ3) is 4.10. The molecule has 0 radical (unpaired) electrons. The lowest BCUT2D eigenvalue weighted by atomic mass is 10.1. The maximum Gasteiger partial charge on any atom is 0.131 e. The maximum absolute atomic E-state index is 13.3. The number of halogens is 2. The fourth-order valence-electron chi connectivity index (χ4n) is 1.50. The molecule has 0 aliphatic rings. The quantitative estimate of drug-likeness (QED) is 0.854. The number of nitriles is 1. The standard InChI is InChI=1S/C12H14F2N2O/c1-16(6-2-5-15)8-12(17)10-4-3-9(13)7-11(10)14/h3-4,7,12,17H,2,6,8H2,1H3/t12-/m1/s1. The Morgan fingerprint density at radius 1 is 1.47 bits per heavy atom. The van der Waals surface area contributed by atoms with Crippen LogP contribution in [-0.2, 0) is 0 Å². The molecular weight excluding hydrogens is 226 g/mol. The molecule has 17 heavy (non-hydrogen) atoms. The summed E-state index contributed by atoms with van der Waals surface area (Å²) in [6.45, 7) is 0.695. The molecule has 0 unspecified atom stereocenters. The van der Waals surface area contributed by atoms with Crippen LogP contribution in [0.1, 0.15) is 18.1 Å². The number of hydrogen-bond donors (Lipinski definition) is 1. The SMILES string of the molecule is CN(CCC#N)C[C@@H](O)c1ccc(F)cc1F. The van der Waals surface area contributed by atoms with E-state index < -0.39 is 17.7 Å². The van der Waals surface area contributed by atoms with E-state index in [9.17, 15) is 13.9 Å². The first-order valence-electron chi connectivity index (χ1n) is 5.23. The molecule has 1 atom stereocenters. The van der Waals surface area contributed by atoms with Gasteiger partial charge in [-0.25, -0.2) is 8.78 Å². The number of hydrogen-bond acceptors (Lipinski definition) is 3. The third-order valence-electron chi connectivity index (χ3n) is 2.41. The van der Waals surface area contributed by atoms with E-state index in [4.69, 9.17) is 5.26 Å². The highest BCUT2D eigenvalue weighted by Crippen LogP contribution is 2.18. The Bertz CT molecular complexity index is 417. The molecule has 0 saturated carbocycles. The third-order valence-corrected chi connectivity index (χ3v) is 2.41. The second-order valence-corrected chi connectivity index (χ2v) is 3.85. The molecule has 1 aromatic carbocycles. The van der Waals surface area contributed by atoms with Gasteiger partial charge in [-0.2, -0.15) is 5.26 Å². The zero-order chi connectivity index (χ0) is 12.8. The molecule has 1 N–H and O–H groups in total. The van der Waals surface area contributed by atoms with Crippen molar-refractivity contribution in [3.05, 3.63) is 35.4 Å². The van der Waals surface area contributed by atoms with Gasteiger partial charge in [0.2, 0.25) is 0 Å². The van der Waals surface area contributed by atoms with Crippen molar-refractivity contribution in [2.24, 2.45) is 0 Å². The summed E-state index contributed by atoms with van der Waals surface area (Å²) >= 11 is 0. The Morgan fingerprint density at radius 3 is 2.76 bits per heavy atom. The van der Waals surface area contributed by atoms with Gasteiger partial charge in [0.15, 0.2) is 0 Å². The minimum Gasteiger partial charge on any atom is -0.387 e. The summed E-state index contributed by atoms with van der Waals surface area (Å²) in [4.78, 5) is 1.72. The highest BCUT2D eigenvalue weighted by Gasteiger charge is 2.15. The predicted octanol–water partition coefficient (Wildman–Crippen LogP) is 1.84. The Kier molecular flexibility index (Phi) is 5.01. The molecule has 1 rings (SSSR count). The van der Waals surface area contributed by atoms with E-state index in [1.807, 2.05) is 6.07 Å². The molecule has 3 nitrogen and oxygen atoms in total. The number of benzene rings is 1. The number of likely N-dealkylation sites (N-methyl/N-ethyl adjacent to an activating group) is 1. The van der Waals surface area contributed by atoms with Gasteiger partial charge in [-0.15, -0.1) is 0 Å². The van der Waals surface area contributed by atoms with Crippen molar-refractivity contribution >= 4 is 0 Å². The van der Waals surface area contributed by atoms with Gasteiger partial charge in [-0.3, -0.25) is 0 Å². The molecule has 0 heterocycles. The fourth-order valence-corrected chi connectivity index (χ4v) is 1.50. The van der Waals surface area contributed by atoms with Crippen molar-refractivity contribution in [2.45, 2.75) is 12.5 Å². The van der Waals surface area contributed by atoms with E-state index in [2.05, 4.69) is 0 Å². The van der Waals surface area contributed by atoms with E-state index in [0.717, 1.165) is 12.1 Å². The minimum atomic E-state index is -1.03. The first kappa shape index (κ1) is 13.6. The van der Waals surface area contributed by atoms with Crippen LogP contribution >= 0.6 is 0 Å². The second kappa shape index (κ2) is 6.28. The van der Waals surface area contributed by atoms with Gasteiger partial charge in [0, 0.05) is 31.1 Å². The summed E-state index contributed by atoms with van der Waals surface area (Å²) < 4.78 is 26.0. The second-order valence-electron chi connectivity index (χ2n) is 3.85. The number of rotatable bonds is 5. The molecular formula is C12H14F2N2O.